The number of non-ortho nitro benzene ring substituents is 1. The van der Waals surface area contributed by atoms with Gasteiger partial charge in [0, 0.05) is 31.9 Å². The Morgan fingerprint density at radius 1 is 1.36 bits per heavy atom. The highest BCUT2D eigenvalue weighted by atomic mass is 35.5. The minimum absolute atomic E-state index is 0.0391. The van der Waals surface area contributed by atoms with Gasteiger partial charge in [-0.25, -0.2) is 4.99 Å². The summed E-state index contributed by atoms with van der Waals surface area (Å²) < 4.78 is 16.7. The van der Waals surface area contributed by atoms with E-state index >= 15 is 0 Å². The van der Waals surface area contributed by atoms with E-state index in [1.807, 2.05) is 0 Å². The molecule has 0 fully saturated rings. The van der Waals surface area contributed by atoms with Crippen LogP contribution >= 0.6 is 11.6 Å². The van der Waals surface area contributed by atoms with Crippen LogP contribution in [0.2, 0.25) is 5.02 Å². The van der Waals surface area contributed by atoms with Gasteiger partial charge in [-0.05, 0) is 25.1 Å². The first-order chi connectivity index (χ1) is 15.7. The summed E-state index contributed by atoms with van der Waals surface area (Å²) in [5.41, 5.74) is -0.949. The summed E-state index contributed by atoms with van der Waals surface area (Å²) in [5, 5.41) is 37.6. The van der Waals surface area contributed by atoms with E-state index in [1.54, 1.807) is 37.4 Å². The lowest BCUT2D eigenvalue weighted by Crippen LogP contribution is -2.59. The van der Waals surface area contributed by atoms with Gasteiger partial charge < -0.3 is 24.6 Å². The lowest BCUT2D eigenvalue weighted by atomic mass is 9.84. The lowest BCUT2D eigenvalue weighted by molar-refractivity contribution is -0.385. The maximum atomic E-state index is 11.4. The Balaban J connectivity index is 2.14. The van der Waals surface area contributed by atoms with E-state index in [1.165, 1.54) is 32.4 Å². The number of rotatable bonds is 6. The lowest BCUT2D eigenvalue weighted by Gasteiger charge is -2.45. The summed E-state index contributed by atoms with van der Waals surface area (Å²) >= 11 is 6.20. The van der Waals surface area contributed by atoms with Crippen LogP contribution in [0.5, 0.6) is 5.75 Å². The number of methoxy groups -OCH3 is 2. The predicted octanol–water partition coefficient (Wildman–Crippen LogP) is 2.96. The Morgan fingerprint density at radius 2 is 2.06 bits per heavy atom. The van der Waals surface area contributed by atoms with Crippen LogP contribution in [0.4, 0.5) is 11.4 Å². The molecule has 0 saturated carbocycles. The van der Waals surface area contributed by atoms with E-state index in [-0.39, 0.29) is 23.0 Å². The third-order valence-electron chi connectivity index (χ3n) is 5.20. The second-order valence-electron chi connectivity index (χ2n) is 7.28. The van der Waals surface area contributed by atoms with E-state index in [9.17, 15) is 20.5 Å². The van der Waals surface area contributed by atoms with Gasteiger partial charge in [-0.3, -0.25) is 15.4 Å². The van der Waals surface area contributed by atoms with E-state index in [0.717, 1.165) is 0 Å². The number of hydrogen-bond acceptors (Lipinski definition) is 8. The van der Waals surface area contributed by atoms with Crippen molar-refractivity contribution in [2.75, 3.05) is 19.5 Å². The number of ether oxygens (including phenoxy) is 3. The van der Waals surface area contributed by atoms with E-state index in [2.05, 4.69) is 15.6 Å². The first-order valence-electron chi connectivity index (χ1n) is 9.70. The van der Waals surface area contributed by atoms with Crippen molar-refractivity contribution >= 4 is 28.9 Å². The van der Waals surface area contributed by atoms with Gasteiger partial charge in [-0.15, -0.1) is 0 Å². The molecule has 174 valence electrons. The van der Waals surface area contributed by atoms with Crippen LogP contribution in [0.25, 0.3) is 0 Å². The summed E-state index contributed by atoms with van der Waals surface area (Å²) in [7, 11) is 2.78. The first-order valence-corrected chi connectivity index (χ1v) is 10.1. The maximum absolute atomic E-state index is 11.4. The number of benzene rings is 2. The molecule has 0 radical (unpaired) electrons. The molecule has 1 aliphatic rings. The number of aliphatic imine (C=N–C) groups is 1. The minimum Gasteiger partial charge on any atom is -0.479 e. The van der Waals surface area contributed by atoms with E-state index in [4.69, 9.17) is 25.8 Å². The molecule has 0 bridgehead atoms. The van der Waals surface area contributed by atoms with Crippen molar-refractivity contribution < 1.29 is 24.2 Å². The summed E-state index contributed by atoms with van der Waals surface area (Å²) in [4.78, 5) is 15.3. The van der Waals surface area contributed by atoms with Crippen LogP contribution in [0.1, 0.15) is 18.5 Å². The van der Waals surface area contributed by atoms with Crippen LogP contribution in [0.15, 0.2) is 47.5 Å². The number of guanidine groups is 1. The molecule has 2 aromatic rings. The number of para-hydroxylation sites is 1. The smallest absolute Gasteiger partial charge is 0.270 e. The molecule has 0 unspecified atom stereocenters. The molecule has 11 nitrogen and oxygen atoms in total. The van der Waals surface area contributed by atoms with Gasteiger partial charge in [0.2, 0.25) is 5.96 Å². The quantitative estimate of drug-likeness (QED) is 0.109. The number of anilines is 1. The molecule has 3 rings (SSSR count). The molecular weight excluding hydrogens is 454 g/mol. The van der Waals surface area contributed by atoms with Gasteiger partial charge in [-0.1, -0.05) is 23.7 Å². The van der Waals surface area contributed by atoms with Crippen LogP contribution in [-0.2, 0) is 9.47 Å². The number of nitro groups is 1. The van der Waals surface area contributed by atoms with Crippen LogP contribution in [-0.4, -0.2) is 48.2 Å². The topological polar surface area (TPSA) is 151 Å². The molecule has 0 aliphatic carbocycles. The van der Waals surface area contributed by atoms with Crippen molar-refractivity contribution in [2.24, 2.45) is 4.99 Å². The Bertz CT molecular complexity index is 1100. The molecule has 2 aromatic carbocycles. The number of halogens is 1. The zero-order chi connectivity index (χ0) is 24.2. The average Bonchev–Trinajstić information content (AvgIpc) is 2.79. The maximum Gasteiger partial charge on any atom is 0.270 e. The second kappa shape index (κ2) is 10.0. The Morgan fingerprint density at radius 3 is 2.67 bits per heavy atom. The highest BCUT2D eigenvalue weighted by Crippen LogP contribution is 2.45. The number of fused-ring (bicyclic) bond motifs is 1. The van der Waals surface area contributed by atoms with Crippen molar-refractivity contribution in [1.29, 1.82) is 5.26 Å². The van der Waals surface area contributed by atoms with Gasteiger partial charge >= 0.3 is 0 Å². The second-order valence-corrected chi connectivity index (χ2v) is 7.68. The fourth-order valence-electron chi connectivity index (χ4n) is 3.62. The minimum atomic E-state index is -1.44. The largest absolute Gasteiger partial charge is 0.479 e. The van der Waals surface area contributed by atoms with Crippen molar-refractivity contribution in [3.8, 4) is 11.9 Å². The monoisotopic (exact) mass is 475 g/mol. The summed E-state index contributed by atoms with van der Waals surface area (Å²) in [5.74, 6) is 0.207. The fourth-order valence-corrected chi connectivity index (χ4v) is 3.81. The van der Waals surface area contributed by atoms with Gasteiger partial charge in [0.1, 0.15) is 17.9 Å². The van der Waals surface area contributed by atoms with Gasteiger partial charge in [0.15, 0.2) is 18.1 Å². The summed E-state index contributed by atoms with van der Waals surface area (Å²) in [6.45, 7) is 1.57. The third kappa shape index (κ3) is 4.84. The van der Waals surface area contributed by atoms with Crippen LogP contribution in [0.3, 0.4) is 0 Å². The number of nitro benzene ring substituents is 1. The van der Waals surface area contributed by atoms with Crippen molar-refractivity contribution in [3.63, 3.8) is 0 Å². The SMILES string of the molecule is COC(OC)[C@@]1(C)Oc2ccc([N+](=O)[O-])cc2[C@@H](N=C(NC#N)Nc2ccccc2Cl)[C@@H]1O. The molecule has 1 heterocycles. The molecule has 33 heavy (non-hydrogen) atoms. The fraction of sp³-hybridized carbons (Fsp3) is 0.333. The highest BCUT2D eigenvalue weighted by molar-refractivity contribution is 6.33. The zero-order valence-corrected chi connectivity index (χ0v) is 18.7. The average molecular weight is 476 g/mol. The molecule has 0 spiro atoms. The number of nitriles is 1. The number of nitrogens with one attached hydrogen (secondary N) is 2. The van der Waals surface area contributed by atoms with Crippen LogP contribution in [0, 0.1) is 21.6 Å². The van der Waals surface area contributed by atoms with Crippen molar-refractivity contribution in [2.45, 2.75) is 31.0 Å². The standard InChI is InChI=1S/C21H22ClN5O6/c1-21(19(31-2)32-3)18(28)17(13-10-12(27(29)30)8-9-16(13)33-21)26-20(24-11-23)25-15-7-5-4-6-14(15)22/h4-10,17-19,28H,1-3H3,(H2,24,25,26)/t17-,18+,21+/m1/s1. The molecule has 1 aliphatic heterocycles. The van der Waals surface area contributed by atoms with Gasteiger partial charge in [0.05, 0.1) is 15.6 Å². The third-order valence-corrected chi connectivity index (χ3v) is 5.53. The first kappa shape index (κ1) is 24.2. The number of hydrogen-bond donors (Lipinski definition) is 3. The zero-order valence-electron chi connectivity index (χ0n) is 18.0. The number of aliphatic hydroxyl groups excluding tert-OH is 1. The molecule has 3 N–H and O–H groups in total. The van der Waals surface area contributed by atoms with Crippen molar-refractivity contribution in [1.82, 2.24) is 5.32 Å². The van der Waals surface area contributed by atoms with E-state index in [0.29, 0.717) is 10.7 Å². The number of nitrogens with zero attached hydrogens (tertiary/aromatic N) is 3. The van der Waals surface area contributed by atoms with E-state index < -0.39 is 29.0 Å². The Kier molecular flexibility index (Phi) is 7.35. The molecule has 0 amide bonds. The summed E-state index contributed by atoms with van der Waals surface area (Å²) in [6.07, 6.45) is -0.616. The number of aliphatic hydroxyl groups is 1. The molecule has 0 saturated heterocycles. The molecule has 3 atom stereocenters. The molecule has 0 aromatic heterocycles. The molecular formula is C21H22ClN5O6. The Hall–Kier alpha value is -3.43. The van der Waals surface area contributed by atoms with Gasteiger partial charge in [0.25, 0.3) is 5.69 Å². The van der Waals surface area contributed by atoms with Gasteiger partial charge in [-0.2, -0.15) is 5.26 Å². The molecule has 12 heteroatoms. The predicted molar refractivity (Wildman–Crippen MR) is 120 cm³/mol. The Labute approximate surface area is 194 Å². The van der Waals surface area contributed by atoms with Crippen LogP contribution < -0.4 is 15.4 Å². The summed E-state index contributed by atoms with van der Waals surface area (Å²) in [6, 6.07) is 9.66. The van der Waals surface area contributed by atoms with Crippen molar-refractivity contribution in [3.05, 3.63) is 63.2 Å². The normalized spacial score (nSPS) is 22.2. The highest BCUT2D eigenvalue weighted by Gasteiger charge is 2.52.